The highest BCUT2D eigenvalue weighted by atomic mass is 16.2. The summed E-state index contributed by atoms with van der Waals surface area (Å²) < 4.78 is 1.65. The minimum atomic E-state index is -0.125. The van der Waals surface area contributed by atoms with E-state index in [1.54, 1.807) is 17.0 Å². The van der Waals surface area contributed by atoms with Crippen molar-refractivity contribution in [1.82, 2.24) is 4.57 Å². The Kier molecular flexibility index (Phi) is 3.35. The average molecular weight is 228 g/mol. The molecular formula is C13H12N2O2. The summed E-state index contributed by atoms with van der Waals surface area (Å²) in [4.78, 5) is 22.5. The van der Waals surface area contributed by atoms with E-state index in [4.69, 9.17) is 0 Å². The normalized spacial score (nSPS) is 9.88. The number of aromatic nitrogens is 1. The minimum absolute atomic E-state index is 0.0651. The first kappa shape index (κ1) is 11.1. The van der Waals surface area contributed by atoms with Gasteiger partial charge in [-0.05, 0) is 12.1 Å². The lowest BCUT2D eigenvalue weighted by atomic mass is 10.3. The predicted molar refractivity (Wildman–Crippen MR) is 65.8 cm³/mol. The number of carbonyl (C=O) groups is 1. The third-order valence-electron chi connectivity index (χ3n) is 2.24. The van der Waals surface area contributed by atoms with Gasteiger partial charge in [0.05, 0.1) is 0 Å². The van der Waals surface area contributed by atoms with Gasteiger partial charge in [0.2, 0.25) is 5.91 Å². The van der Waals surface area contributed by atoms with Gasteiger partial charge in [0.15, 0.2) is 5.43 Å². The second-order valence-electron chi connectivity index (χ2n) is 3.62. The van der Waals surface area contributed by atoms with E-state index in [-0.39, 0.29) is 17.9 Å². The van der Waals surface area contributed by atoms with E-state index in [1.165, 1.54) is 12.1 Å². The van der Waals surface area contributed by atoms with Crippen molar-refractivity contribution in [2.24, 2.45) is 0 Å². The van der Waals surface area contributed by atoms with Gasteiger partial charge in [-0.2, -0.15) is 0 Å². The van der Waals surface area contributed by atoms with Crippen LogP contribution in [-0.4, -0.2) is 10.5 Å². The van der Waals surface area contributed by atoms with E-state index in [0.717, 1.165) is 5.69 Å². The Hall–Kier alpha value is -2.36. The first-order chi connectivity index (χ1) is 8.24. The molecule has 0 aliphatic heterocycles. The Morgan fingerprint density at radius 1 is 1.06 bits per heavy atom. The van der Waals surface area contributed by atoms with Gasteiger partial charge in [-0.15, -0.1) is 0 Å². The second-order valence-corrected chi connectivity index (χ2v) is 3.62. The Morgan fingerprint density at radius 2 is 1.71 bits per heavy atom. The van der Waals surface area contributed by atoms with Crippen LogP contribution in [0.25, 0.3) is 0 Å². The summed E-state index contributed by atoms with van der Waals surface area (Å²) in [5.41, 5.74) is 0.697. The quantitative estimate of drug-likeness (QED) is 0.865. The smallest absolute Gasteiger partial charge is 0.244 e. The number of nitrogens with one attached hydrogen (secondary N) is 1. The van der Waals surface area contributed by atoms with E-state index >= 15 is 0 Å². The molecule has 0 atom stereocenters. The van der Waals surface area contributed by atoms with Crippen molar-refractivity contribution in [2.75, 3.05) is 5.32 Å². The fourth-order valence-electron chi connectivity index (χ4n) is 1.44. The number of benzene rings is 1. The second kappa shape index (κ2) is 5.12. The topological polar surface area (TPSA) is 51.1 Å². The molecule has 1 amide bonds. The molecule has 0 aliphatic carbocycles. The van der Waals surface area contributed by atoms with Crippen molar-refractivity contribution in [3.8, 4) is 0 Å². The largest absolute Gasteiger partial charge is 0.345 e. The SMILES string of the molecule is O=C(Cn1ccc(=O)cc1)Nc1ccccc1. The van der Waals surface area contributed by atoms with Crippen LogP contribution in [0.2, 0.25) is 0 Å². The van der Waals surface area contributed by atoms with Gasteiger partial charge < -0.3 is 9.88 Å². The molecule has 0 spiro atoms. The Morgan fingerprint density at radius 3 is 2.35 bits per heavy atom. The fourth-order valence-corrected chi connectivity index (χ4v) is 1.44. The van der Waals surface area contributed by atoms with Crippen LogP contribution >= 0.6 is 0 Å². The molecule has 0 radical (unpaired) electrons. The van der Waals surface area contributed by atoms with Gasteiger partial charge in [0.25, 0.3) is 0 Å². The Labute approximate surface area is 98.5 Å². The number of para-hydroxylation sites is 1. The summed E-state index contributed by atoms with van der Waals surface area (Å²) in [5.74, 6) is -0.125. The monoisotopic (exact) mass is 228 g/mol. The lowest BCUT2D eigenvalue weighted by Gasteiger charge is -2.07. The molecule has 86 valence electrons. The van der Waals surface area contributed by atoms with Crippen LogP contribution in [0.5, 0.6) is 0 Å². The summed E-state index contributed by atoms with van der Waals surface area (Å²) in [5, 5.41) is 2.77. The Balaban J connectivity index is 1.98. The summed E-state index contributed by atoms with van der Waals surface area (Å²) in [6.45, 7) is 0.190. The summed E-state index contributed by atoms with van der Waals surface area (Å²) in [6.07, 6.45) is 3.18. The molecule has 1 N–H and O–H groups in total. The molecule has 2 aromatic rings. The average Bonchev–Trinajstić information content (AvgIpc) is 2.33. The van der Waals surface area contributed by atoms with Crippen LogP contribution in [0.4, 0.5) is 5.69 Å². The highest BCUT2D eigenvalue weighted by Gasteiger charge is 2.01. The molecule has 0 saturated heterocycles. The standard InChI is InChI=1S/C13H12N2O2/c16-12-6-8-15(9-7-12)10-13(17)14-11-4-2-1-3-5-11/h1-9H,10H2,(H,14,17). The first-order valence-corrected chi connectivity index (χ1v) is 5.25. The van der Waals surface area contributed by atoms with Crippen molar-refractivity contribution < 1.29 is 4.79 Å². The van der Waals surface area contributed by atoms with Gasteiger partial charge in [-0.25, -0.2) is 0 Å². The molecule has 2 rings (SSSR count). The van der Waals surface area contributed by atoms with Crippen LogP contribution in [0.1, 0.15) is 0 Å². The van der Waals surface area contributed by atoms with E-state index in [1.807, 2.05) is 30.3 Å². The number of rotatable bonds is 3. The van der Waals surface area contributed by atoms with Crippen LogP contribution in [0.15, 0.2) is 59.7 Å². The molecule has 0 unspecified atom stereocenters. The number of anilines is 1. The maximum atomic E-state index is 11.7. The molecule has 0 aliphatic rings. The van der Waals surface area contributed by atoms with Crippen molar-refractivity contribution in [3.05, 3.63) is 65.1 Å². The van der Waals surface area contributed by atoms with Crippen molar-refractivity contribution in [1.29, 1.82) is 0 Å². The molecule has 0 bridgehead atoms. The molecule has 0 saturated carbocycles. The fraction of sp³-hybridized carbons (Fsp3) is 0.0769. The van der Waals surface area contributed by atoms with Gasteiger partial charge >= 0.3 is 0 Å². The third-order valence-corrected chi connectivity index (χ3v) is 2.24. The van der Waals surface area contributed by atoms with Crippen molar-refractivity contribution in [2.45, 2.75) is 6.54 Å². The molecule has 1 heterocycles. The van der Waals surface area contributed by atoms with Crippen molar-refractivity contribution in [3.63, 3.8) is 0 Å². The van der Waals surface area contributed by atoms with Crippen LogP contribution in [0.3, 0.4) is 0 Å². The lowest BCUT2D eigenvalue weighted by molar-refractivity contribution is -0.116. The van der Waals surface area contributed by atoms with Crippen molar-refractivity contribution >= 4 is 11.6 Å². The number of hydrogen-bond donors (Lipinski definition) is 1. The zero-order valence-electron chi connectivity index (χ0n) is 9.17. The van der Waals surface area contributed by atoms with E-state index in [0.29, 0.717) is 0 Å². The maximum absolute atomic E-state index is 11.7. The molecule has 17 heavy (non-hydrogen) atoms. The van der Waals surface area contributed by atoms with Gasteiger partial charge in [0, 0.05) is 30.2 Å². The molecule has 0 fully saturated rings. The minimum Gasteiger partial charge on any atom is -0.345 e. The molecule has 4 nitrogen and oxygen atoms in total. The van der Waals surface area contributed by atoms with E-state index in [2.05, 4.69) is 5.32 Å². The summed E-state index contributed by atoms with van der Waals surface area (Å²) >= 11 is 0. The molecular weight excluding hydrogens is 216 g/mol. The maximum Gasteiger partial charge on any atom is 0.244 e. The highest BCUT2D eigenvalue weighted by molar-refractivity contribution is 5.90. The molecule has 1 aromatic carbocycles. The third kappa shape index (κ3) is 3.31. The number of amides is 1. The summed E-state index contributed by atoms with van der Waals surface area (Å²) in [7, 11) is 0. The number of carbonyl (C=O) groups excluding carboxylic acids is 1. The highest BCUT2D eigenvalue weighted by Crippen LogP contribution is 2.04. The van der Waals surface area contributed by atoms with Crippen LogP contribution in [0, 0.1) is 0 Å². The summed E-state index contributed by atoms with van der Waals surface area (Å²) in [6, 6.07) is 12.1. The lowest BCUT2D eigenvalue weighted by Crippen LogP contribution is -2.19. The van der Waals surface area contributed by atoms with Gasteiger partial charge in [-0.1, -0.05) is 18.2 Å². The zero-order chi connectivity index (χ0) is 12.1. The van der Waals surface area contributed by atoms with Gasteiger partial charge in [-0.3, -0.25) is 9.59 Å². The number of hydrogen-bond acceptors (Lipinski definition) is 2. The van der Waals surface area contributed by atoms with Gasteiger partial charge in [0.1, 0.15) is 6.54 Å². The first-order valence-electron chi connectivity index (χ1n) is 5.25. The number of nitrogens with zero attached hydrogens (tertiary/aromatic N) is 1. The van der Waals surface area contributed by atoms with Crippen LogP contribution in [-0.2, 0) is 11.3 Å². The molecule has 4 heteroatoms. The predicted octanol–water partition coefficient (Wildman–Crippen LogP) is 1.49. The zero-order valence-corrected chi connectivity index (χ0v) is 9.17. The molecule has 1 aromatic heterocycles. The van der Waals surface area contributed by atoms with Crippen LogP contribution < -0.4 is 10.7 Å². The Bertz CT molecular complexity index is 541. The number of pyridine rings is 1. The van der Waals surface area contributed by atoms with E-state index in [9.17, 15) is 9.59 Å². The van der Waals surface area contributed by atoms with E-state index < -0.39 is 0 Å².